The van der Waals surface area contributed by atoms with E-state index < -0.39 is 0 Å². The van der Waals surface area contributed by atoms with Crippen molar-refractivity contribution in [2.24, 2.45) is 5.92 Å². The van der Waals surface area contributed by atoms with E-state index in [9.17, 15) is 0 Å². The van der Waals surface area contributed by atoms with Gasteiger partial charge in [0, 0.05) is 19.2 Å². The number of hydrogen-bond acceptors (Lipinski definition) is 2. The van der Waals surface area contributed by atoms with Crippen molar-refractivity contribution in [2.75, 3.05) is 19.8 Å². The van der Waals surface area contributed by atoms with Gasteiger partial charge < -0.3 is 10.1 Å². The molecule has 0 unspecified atom stereocenters. The summed E-state index contributed by atoms with van der Waals surface area (Å²) in [6, 6.07) is 0.709. The average molecular weight is 271 g/mol. The maximum atomic E-state index is 5.63. The Morgan fingerprint density at radius 2 is 1.47 bits per heavy atom. The lowest BCUT2D eigenvalue weighted by molar-refractivity contribution is 0.109. The van der Waals surface area contributed by atoms with Crippen molar-refractivity contribution in [3.8, 4) is 0 Å². The molecule has 0 aliphatic carbocycles. The lowest BCUT2D eigenvalue weighted by Crippen LogP contribution is -2.32. The van der Waals surface area contributed by atoms with E-state index in [2.05, 4.69) is 33.0 Å². The topological polar surface area (TPSA) is 21.3 Å². The molecule has 0 saturated carbocycles. The number of ether oxygens (including phenoxy) is 1. The number of nitrogens with one attached hydrogen (secondary N) is 1. The average Bonchev–Trinajstić information content (AvgIpc) is 2.38. The Balaban J connectivity index is 3.64. The van der Waals surface area contributed by atoms with E-state index in [0.29, 0.717) is 12.0 Å². The zero-order valence-electron chi connectivity index (χ0n) is 13.8. The number of unbranched alkanes of at least 4 members (excludes halogenated alkanes) is 4. The Labute approximate surface area is 121 Å². The molecule has 0 heterocycles. The van der Waals surface area contributed by atoms with Crippen LogP contribution in [0.2, 0.25) is 0 Å². The summed E-state index contributed by atoms with van der Waals surface area (Å²) in [5.41, 5.74) is 0. The van der Waals surface area contributed by atoms with E-state index in [1.54, 1.807) is 0 Å². The molecule has 0 aliphatic rings. The van der Waals surface area contributed by atoms with Crippen molar-refractivity contribution in [1.29, 1.82) is 0 Å². The second kappa shape index (κ2) is 14.3. The largest absolute Gasteiger partial charge is 0.380 e. The fraction of sp³-hybridized carbons (Fsp3) is 1.00. The Morgan fingerprint density at radius 1 is 0.895 bits per heavy atom. The van der Waals surface area contributed by atoms with Crippen LogP contribution in [0.15, 0.2) is 0 Å². The van der Waals surface area contributed by atoms with Crippen LogP contribution in [0.25, 0.3) is 0 Å². The molecule has 0 bridgehead atoms. The summed E-state index contributed by atoms with van der Waals surface area (Å²) in [6.07, 6.45) is 10.8. The molecular formula is C17H37NO. The Kier molecular flexibility index (Phi) is 14.3. The van der Waals surface area contributed by atoms with Gasteiger partial charge in [0.1, 0.15) is 0 Å². The van der Waals surface area contributed by atoms with Gasteiger partial charge in [-0.05, 0) is 18.8 Å². The molecule has 0 aromatic heterocycles. The van der Waals surface area contributed by atoms with Crippen LogP contribution >= 0.6 is 0 Å². The van der Waals surface area contributed by atoms with Crippen molar-refractivity contribution in [1.82, 2.24) is 5.32 Å². The molecular weight excluding hydrogens is 234 g/mol. The summed E-state index contributed by atoms with van der Waals surface area (Å²) in [5, 5.41) is 3.69. The molecule has 0 atom stereocenters. The third kappa shape index (κ3) is 14.1. The minimum absolute atomic E-state index is 0.643. The predicted molar refractivity (Wildman–Crippen MR) is 85.7 cm³/mol. The second-order valence-corrected chi connectivity index (χ2v) is 6.11. The van der Waals surface area contributed by atoms with E-state index in [1.807, 2.05) is 0 Å². The van der Waals surface area contributed by atoms with Crippen LogP contribution in [-0.4, -0.2) is 25.8 Å². The van der Waals surface area contributed by atoms with Gasteiger partial charge in [0.05, 0.1) is 6.61 Å². The molecule has 116 valence electrons. The molecule has 0 rings (SSSR count). The summed E-state index contributed by atoms with van der Waals surface area (Å²) >= 11 is 0. The van der Waals surface area contributed by atoms with Crippen molar-refractivity contribution < 1.29 is 4.74 Å². The molecule has 1 N–H and O–H groups in total. The maximum Gasteiger partial charge on any atom is 0.0591 e. The van der Waals surface area contributed by atoms with Gasteiger partial charge in [-0.15, -0.1) is 0 Å². The van der Waals surface area contributed by atoms with Crippen LogP contribution in [-0.2, 0) is 4.74 Å². The molecule has 0 saturated heterocycles. The first-order valence-electron chi connectivity index (χ1n) is 8.51. The maximum absolute atomic E-state index is 5.63. The van der Waals surface area contributed by atoms with Crippen molar-refractivity contribution in [2.45, 2.75) is 85.1 Å². The molecule has 0 fully saturated rings. The zero-order chi connectivity index (χ0) is 14.3. The molecule has 2 heteroatoms. The van der Waals surface area contributed by atoms with Crippen LogP contribution in [0.1, 0.15) is 79.1 Å². The first-order valence-corrected chi connectivity index (χ1v) is 8.51. The predicted octanol–water partition coefficient (Wildman–Crippen LogP) is 4.78. The second-order valence-electron chi connectivity index (χ2n) is 6.11. The summed E-state index contributed by atoms with van der Waals surface area (Å²) < 4.78 is 5.63. The van der Waals surface area contributed by atoms with Crippen LogP contribution < -0.4 is 5.32 Å². The first kappa shape index (κ1) is 18.9. The van der Waals surface area contributed by atoms with Gasteiger partial charge in [-0.3, -0.25) is 0 Å². The minimum atomic E-state index is 0.643. The van der Waals surface area contributed by atoms with Gasteiger partial charge in [0.15, 0.2) is 0 Å². The fourth-order valence-electron chi connectivity index (χ4n) is 2.28. The molecule has 19 heavy (non-hydrogen) atoms. The van der Waals surface area contributed by atoms with Gasteiger partial charge in [0.25, 0.3) is 0 Å². The van der Waals surface area contributed by atoms with Crippen molar-refractivity contribution in [3.05, 3.63) is 0 Å². The molecule has 0 radical (unpaired) electrons. The summed E-state index contributed by atoms with van der Waals surface area (Å²) in [4.78, 5) is 0. The Hall–Kier alpha value is -0.0800. The fourth-order valence-corrected chi connectivity index (χ4v) is 2.28. The molecule has 0 aromatic rings. The SMILES string of the molecule is CCCCCC(CCCCC)NCCOCC(C)C. The Bertz CT molecular complexity index is 161. The summed E-state index contributed by atoms with van der Waals surface area (Å²) in [5.74, 6) is 0.643. The van der Waals surface area contributed by atoms with Crippen molar-refractivity contribution >= 4 is 0 Å². The molecule has 2 nitrogen and oxygen atoms in total. The van der Waals surface area contributed by atoms with Gasteiger partial charge in [-0.2, -0.15) is 0 Å². The van der Waals surface area contributed by atoms with Gasteiger partial charge in [-0.25, -0.2) is 0 Å². The van der Waals surface area contributed by atoms with E-state index in [0.717, 1.165) is 19.8 Å². The molecule has 0 spiro atoms. The summed E-state index contributed by atoms with van der Waals surface area (Å²) in [7, 11) is 0. The lowest BCUT2D eigenvalue weighted by Gasteiger charge is -2.19. The quantitative estimate of drug-likeness (QED) is 0.459. The first-order chi connectivity index (χ1) is 9.20. The standard InChI is InChI=1S/C17H37NO/c1-5-7-9-11-17(12-10-8-6-2)18-13-14-19-15-16(3)4/h16-18H,5-15H2,1-4H3. The van der Waals surface area contributed by atoms with Crippen molar-refractivity contribution in [3.63, 3.8) is 0 Å². The molecule has 0 amide bonds. The Morgan fingerprint density at radius 3 is 1.95 bits per heavy atom. The van der Waals surface area contributed by atoms with Crippen LogP contribution in [0.4, 0.5) is 0 Å². The van der Waals surface area contributed by atoms with Crippen LogP contribution in [0.5, 0.6) is 0 Å². The van der Waals surface area contributed by atoms with E-state index in [1.165, 1.54) is 51.4 Å². The highest BCUT2D eigenvalue weighted by molar-refractivity contribution is 4.67. The van der Waals surface area contributed by atoms with Crippen LogP contribution in [0, 0.1) is 5.92 Å². The molecule has 0 aliphatic heterocycles. The number of hydrogen-bond donors (Lipinski definition) is 1. The highest BCUT2D eigenvalue weighted by atomic mass is 16.5. The van der Waals surface area contributed by atoms with E-state index >= 15 is 0 Å². The number of rotatable bonds is 14. The minimum Gasteiger partial charge on any atom is -0.380 e. The highest BCUT2D eigenvalue weighted by Gasteiger charge is 2.07. The zero-order valence-corrected chi connectivity index (χ0v) is 13.8. The molecule has 0 aromatic carbocycles. The van der Waals surface area contributed by atoms with Gasteiger partial charge >= 0.3 is 0 Å². The van der Waals surface area contributed by atoms with E-state index in [-0.39, 0.29) is 0 Å². The van der Waals surface area contributed by atoms with Crippen LogP contribution in [0.3, 0.4) is 0 Å². The van der Waals surface area contributed by atoms with Gasteiger partial charge in [-0.1, -0.05) is 66.2 Å². The third-order valence-electron chi connectivity index (χ3n) is 3.44. The highest BCUT2D eigenvalue weighted by Crippen LogP contribution is 2.10. The summed E-state index contributed by atoms with van der Waals surface area (Å²) in [6.45, 7) is 11.7. The monoisotopic (exact) mass is 271 g/mol. The smallest absolute Gasteiger partial charge is 0.0591 e. The lowest BCUT2D eigenvalue weighted by atomic mass is 10.0. The normalized spacial score (nSPS) is 11.7. The third-order valence-corrected chi connectivity index (χ3v) is 3.44. The van der Waals surface area contributed by atoms with E-state index in [4.69, 9.17) is 4.74 Å². The van der Waals surface area contributed by atoms with Gasteiger partial charge in [0.2, 0.25) is 0 Å².